The number of amides is 2. The SMILES string of the molecule is O=C(Nc1cccc(F)c1)Nc1ccc(I)cn1. The number of aromatic nitrogens is 1. The van der Waals surface area contributed by atoms with Crippen molar-refractivity contribution < 1.29 is 9.18 Å². The van der Waals surface area contributed by atoms with Crippen LogP contribution >= 0.6 is 22.6 Å². The van der Waals surface area contributed by atoms with Crippen LogP contribution in [0.1, 0.15) is 0 Å². The molecule has 0 aliphatic heterocycles. The zero-order chi connectivity index (χ0) is 13.0. The molecule has 92 valence electrons. The highest BCUT2D eigenvalue weighted by molar-refractivity contribution is 14.1. The van der Waals surface area contributed by atoms with Gasteiger partial charge in [-0.2, -0.15) is 0 Å². The molecular formula is C12H9FIN3O. The Morgan fingerprint density at radius 1 is 1.22 bits per heavy atom. The number of hydrogen-bond donors (Lipinski definition) is 2. The Balaban J connectivity index is 1.98. The van der Waals surface area contributed by atoms with Gasteiger partial charge >= 0.3 is 6.03 Å². The quantitative estimate of drug-likeness (QED) is 0.809. The maximum atomic E-state index is 12.9. The lowest BCUT2D eigenvalue weighted by atomic mass is 10.3. The molecule has 2 amide bonds. The third kappa shape index (κ3) is 3.66. The van der Waals surface area contributed by atoms with Gasteiger partial charge in [0.1, 0.15) is 11.6 Å². The predicted molar refractivity (Wildman–Crippen MR) is 76.0 cm³/mol. The first-order chi connectivity index (χ1) is 8.63. The lowest BCUT2D eigenvalue weighted by molar-refractivity contribution is 0.262. The summed E-state index contributed by atoms with van der Waals surface area (Å²) < 4.78 is 13.9. The van der Waals surface area contributed by atoms with E-state index in [9.17, 15) is 9.18 Å². The van der Waals surface area contributed by atoms with E-state index in [-0.39, 0.29) is 0 Å². The van der Waals surface area contributed by atoms with Gasteiger partial charge in [0, 0.05) is 15.5 Å². The van der Waals surface area contributed by atoms with Crippen LogP contribution in [0.3, 0.4) is 0 Å². The summed E-state index contributed by atoms with van der Waals surface area (Å²) in [4.78, 5) is 15.6. The van der Waals surface area contributed by atoms with E-state index in [2.05, 4.69) is 38.2 Å². The summed E-state index contributed by atoms with van der Waals surface area (Å²) >= 11 is 2.12. The topological polar surface area (TPSA) is 54.0 Å². The number of hydrogen-bond acceptors (Lipinski definition) is 2. The minimum absolute atomic E-state index is 0.387. The smallest absolute Gasteiger partial charge is 0.308 e. The monoisotopic (exact) mass is 357 g/mol. The average Bonchev–Trinajstić information content (AvgIpc) is 2.32. The lowest BCUT2D eigenvalue weighted by Crippen LogP contribution is -2.20. The normalized spacial score (nSPS) is 9.89. The van der Waals surface area contributed by atoms with Crippen molar-refractivity contribution in [3.63, 3.8) is 0 Å². The van der Waals surface area contributed by atoms with Crippen LogP contribution in [0.25, 0.3) is 0 Å². The van der Waals surface area contributed by atoms with Gasteiger partial charge < -0.3 is 5.32 Å². The first-order valence-electron chi connectivity index (χ1n) is 5.08. The summed E-state index contributed by atoms with van der Waals surface area (Å²) in [5.41, 5.74) is 0.387. The highest BCUT2D eigenvalue weighted by atomic mass is 127. The first-order valence-corrected chi connectivity index (χ1v) is 6.16. The van der Waals surface area contributed by atoms with Crippen molar-refractivity contribution in [1.82, 2.24) is 4.98 Å². The summed E-state index contributed by atoms with van der Waals surface area (Å²) in [6.07, 6.45) is 1.64. The fraction of sp³-hybridized carbons (Fsp3) is 0. The van der Waals surface area contributed by atoms with Crippen LogP contribution in [-0.4, -0.2) is 11.0 Å². The Morgan fingerprint density at radius 3 is 2.72 bits per heavy atom. The minimum atomic E-state index is -0.464. The maximum absolute atomic E-state index is 12.9. The molecule has 0 aliphatic carbocycles. The number of carbonyl (C=O) groups excluding carboxylic acids is 1. The maximum Gasteiger partial charge on any atom is 0.324 e. The van der Waals surface area contributed by atoms with Gasteiger partial charge in [0.05, 0.1) is 0 Å². The van der Waals surface area contributed by atoms with Crippen molar-refractivity contribution in [1.29, 1.82) is 0 Å². The van der Waals surface area contributed by atoms with Gasteiger partial charge in [-0.15, -0.1) is 0 Å². The molecule has 0 bridgehead atoms. The van der Waals surface area contributed by atoms with E-state index in [4.69, 9.17) is 0 Å². The third-order valence-electron chi connectivity index (χ3n) is 2.05. The molecule has 4 nitrogen and oxygen atoms in total. The lowest BCUT2D eigenvalue weighted by Gasteiger charge is -2.06. The molecule has 0 atom stereocenters. The van der Waals surface area contributed by atoms with E-state index >= 15 is 0 Å². The first kappa shape index (κ1) is 12.7. The number of carbonyl (C=O) groups is 1. The number of nitrogens with zero attached hydrogens (tertiary/aromatic N) is 1. The van der Waals surface area contributed by atoms with Crippen molar-refractivity contribution in [3.05, 3.63) is 52.0 Å². The average molecular weight is 357 g/mol. The van der Waals surface area contributed by atoms with Crippen molar-refractivity contribution >= 4 is 40.1 Å². The zero-order valence-corrected chi connectivity index (χ0v) is 11.3. The zero-order valence-electron chi connectivity index (χ0n) is 9.15. The molecule has 0 unspecified atom stereocenters. The van der Waals surface area contributed by atoms with Gasteiger partial charge in [0.2, 0.25) is 0 Å². The molecule has 0 radical (unpaired) electrons. The van der Waals surface area contributed by atoms with Gasteiger partial charge in [-0.3, -0.25) is 5.32 Å². The van der Waals surface area contributed by atoms with Gasteiger partial charge in [0.25, 0.3) is 0 Å². The number of rotatable bonds is 2. The molecule has 2 aromatic rings. The van der Waals surface area contributed by atoms with Gasteiger partial charge in [0.15, 0.2) is 0 Å². The van der Waals surface area contributed by atoms with E-state index in [1.54, 1.807) is 18.3 Å². The molecule has 1 aromatic heterocycles. The van der Waals surface area contributed by atoms with Crippen molar-refractivity contribution in [3.8, 4) is 0 Å². The number of nitrogens with one attached hydrogen (secondary N) is 2. The van der Waals surface area contributed by atoms with Gasteiger partial charge in [-0.25, -0.2) is 14.2 Å². The molecule has 0 saturated carbocycles. The van der Waals surface area contributed by atoms with Crippen LogP contribution in [-0.2, 0) is 0 Å². The van der Waals surface area contributed by atoms with Crippen LogP contribution in [0.15, 0.2) is 42.6 Å². The molecule has 2 N–H and O–H groups in total. The Labute approximate surface area is 117 Å². The van der Waals surface area contributed by atoms with Gasteiger partial charge in [-0.1, -0.05) is 6.07 Å². The highest BCUT2D eigenvalue weighted by Crippen LogP contribution is 2.11. The van der Waals surface area contributed by atoms with Crippen molar-refractivity contribution in [2.45, 2.75) is 0 Å². The van der Waals surface area contributed by atoms with Crippen molar-refractivity contribution in [2.75, 3.05) is 10.6 Å². The van der Waals surface area contributed by atoms with Crippen LogP contribution in [0.5, 0.6) is 0 Å². The summed E-state index contributed by atoms with van der Waals surface area (Å²) in [5.74, 6) is 0.0320. The molecule has 2 rings (SSSR count). The molecule has 18 heavy (non-hydrogen) atoms. The number of halogens is 2. The summed E-state index contributed by atoms with van der Waals surface area (Å²) in [7, 11) is 0. The van der Waals surface area contributed by atoms with Crippen LogP contribution < -0.4 is 10.6 Å². The summed E-state index contributed by atoms with van der Waals surface area (Å²) in [5, 5.41) is 5.06. The summed E-state index contributed by atoms with van der Waals surface area (Å²) in [6.45, 7) is 0. The fourth-order valence-electron chi connectivity index (χ4n) is 1.29. The molecule has 1 heterocycles. The van der Waals surface area contributed by atoms with E-state index in [0.717, 1.165) is 3.57 Å². The van der Waals surface area contributed by atoms with Crippen LogP contribution in [0.2, 0.25) is 0 Å². The molecular weight excluding hydrogens is 348 g/mol. The second kappa shape index (κ2) is 5.76. The van der Waals surface area contributed by atoms with E-state index in [1.807, 2.05) is 6.07 Å². The molecule has 0 saturated heterocycles. The molecule has 6 heteroatoms. The van der Waals surface area contributed by atoms with Crippen LogP contribution in [0, 0.1) is 9.39 Å². The Hall–Kier alpha value is -1.70. The third-order valence-corrected chi connectivity index (χ3v) is 2.69. The van der Waals surface area contributed by atoms with E-state index < -0.39 is 11.8 Å². The number of benzene rings is 1. The Morgan fingerprint density at radius 2 is 2.06 bits per heavy atom. The second-order valence-electron chi connectivity index (χ2n) is 3.45. The van der Waals surface area contributed by atoms with Gasteiger partial charge in [-0.05, 0) is 52.9 Å². The minimum Gasteiger partial charge on any atom is -0.308 e. The Bertz CT molecular complexity index is 560. The van der Waals surface area contributed by atoms with Crippen molar-refractivity contribution in [2.24, 2.45) is 0 Å². The largest absolute Gasteiger partial charge is 0.324 e. The molecule has 0 spiro atoms. The van der Waals surface area contributed by atoms with E-state index in [1.165, 1.54) is 18.2 Å². The molecule has 1 aromatic carbocycles. The predicted octanol–water partition coefficient (Wildman–Crippen LogP) is 3.47. The number of pyridine rings is 1. The molecule has 0 aliphatic rings. The Kier molecular flexibility index (Phi) is 4.08. The highest BCUT2D eigenvalue weighted by Gasteiger charge is 2.03. The van der Waals surface area contributed by atoms with Crippen LogP contribution in [0.4, 0.5) is 20.7 Å². The summed E-state index contributed by atoms with van der Waals surface area (Å²) in [6, 6.07) is 8.72. The number of anilines is 2. The fourth-order valence-corrected chi connectivity index (χ4v) is 1.61. The number of urea groups is 1. The second-order valence-corrected chi connectivity index (χ2v) is 4.70. The standard InChI is InChI=1S/C12H9FIN3O/c13-8-2-1-3-10(6-8)16-12(18)17-11-5-4-9(14)7-15-11/h1-7H,(H2,15,16,17,18). The molecule has 0 fully saturated rings. The van der Waals surface area contributed by atoms with E-state index in [0.29, 0.717) is 11.5 Å².